The van der Waals surface area contributed by atoms with Crippen molar-refractivity contribution in [1.82, 2.24) is 14.9 Å². The highest BCUT2D eigenvalue weighted by Crippen LogP contribution is 2.35. The first-order chi connectivity index (χ1) is 15.1. The lowest BCUT2D eigenvalue weighted by Gasteiger charge is -2.35. The van der Waals surface area contributed by atoms with Crippen LogP contribution in [0.15, 0.2) is 30.6 Å². The van der Waals surface area contributed by atoms with Gasteiger partial charge in [0.05, 0.1) is 17.0 Å². The fourth-order valence-corrected chi connectivity index (χ4v) is 4.94. The largest absolute Gasteiger partial charge is 0.491 e. The molecule has 3 heterocycles. The first-order valence-electron chi connectivity index (χ1n) is 10.3. The number of benzene rings is 1. The molecule has 0 spiro atoms. The highest BCUT2D eigenvalue weighted by Gasteiger charge is 2.25. The van der Waals surface area contributed by atoms with E-state index in [2.05, 4.69) is 19.8 Å². The number of thiophene rings is 1. The van der Waals surface area contributed by atoms with Crippen LogP contribution in [0.2, 0.25) is 5.02 Å². The molecule has 3 aromatic rings. The molecular formula is C22H25ClN4O3S. The van der Waals surface area contributed by atoms with E-state index in [9.17, 15) is 4.79 Å². The minimum Gasteiger partial charge on any atom is -0.491 e. The molecule has 0 radical (unpaired) electrons. The van der Waals surface area contributed by atoms with Crippen molar-refractivity contribution in [2.24, 2.45) is 0 Å². The molecule has 1 saturated heterocycles. The first kappa shape index (κ1) is 21.8. The molecule has 9 heteroatoms. The van der Waals surface area contributed by atoms with E-state index in [4.69, 9.17) is 21.1 Å². The molecule has 2 aromatic heterocycles. The van der Waals surface area contributed by atoms with Crippen LogP contribution in [0.25, 0.3) is 10.2 Å². The summed E-state index contributed by atoms with van der Waals surface area (Å²) in [6.07, 6.45) is 1.58. The fraction of sp³-hybridized carbons (Fsp3) is 0.409. The van der Waals surface area contributed by atoms with E-state index >= 15 is 0 Å². The first-order valence-corrected chi connectivity index (χ1v) is 11.5. The predicted molar refractivity (Wildman–Crippen MR) is 124 cm³/mol. The van der Waals surface area contributed by atoms with Gasteiger partial charge in [-0.25, -0.2) is 14.8 Å². The van der Waals surface area contributed by atoms with Gasteiger partial charge in [-0.2, -0.15) is 0 Å². The van der Waals surface area contributed by atoms with Gasteiger partial charge in [0.25, 0.3) is 0 Å². The zero-order valence-electron chi connectivity index (χ0n) is 17.6. The fourth-order valence-electron chi connectivity index (χ4n) is 3.71. The van der Waals surface area contributed by atoms with Crippen molar-refractivity contribution in [3.8, 4) is 5.75 Å². The Morgan fingerprint density at radius 2 is 1.97 bits per heavy atom. The van der Waals surface area contributed by atoms with Crippen molar-refractivity contribution >= 4 is 44.9 Å². The molecule has 0 N–H and O–H groups in total. The van der Waals surface area contributed by atoms with Crippen LogP contribution in [0.4, 0.5) is 5.82 Å². The van der Waals surface area contributed by atoms with Gasteiger partial charge in [-0.3, -0.25) is 4.90 Å². The number of esters is 1. The van der Waals surface area contributed by atoms with Gasteiger partial charge < -0.3 is 14.4 Å². The van der Waals surface area contributed by atoms with Gasteiger partial charge in [0.2, 0.25) is 0 Å². The molecule has 0 bridgehead atoms. The summed E-state index contributed by atoms with van der Waals surface area (Å²) in [5.74, 6) is 1.31. The number of para-hydroxylation sites is 1. The van der Waals surface area contributed by atoms with Gasteiger partial charge in [0.15, 0.2) is 0 Å². The number of nitrogens with zero attached hydrogens (tertiary/aromatic N) is 4. The molecule has 1 aromatic carbocycles. The normalized spacial score (nSPS) is 14.7. The average Bonchev–Trinajstić information content (AvgIpc) is 3.13. The zero-order chi connectivity index (χ0) is 21.8. The number of anilines is 1. The van der Waals surface area contributed by atoms with E-state index in [1.807, 2.05) is 38.1 Å². The molecular weight excluding hydrogens is 436 g/mol. The quantitative estimate of drug-likeness (QED) is 0.493. The number of ether oxygens (including phenoxy) is 2. The molecule has 0 saturated carbocycles. The van der Waals surface area contributed by atoms with Crippen LogP contribution in [0.1, 0.15) is 22.2 Å². The molecule has 0 aliphatic carbocycles. The average molecular weight is 461 g/mol. The zero-order valence-corrected chi connectivity index (χ0v) is 19.2. The van der Waals surface area contributed by atoms with E-state index in [-0.39, 0.29) is 5.97 Å². The van der Waals surface area contributed by atoms with Crippen molar-refractivity contribution < 1.29 is 14.3 Å². The van der Waals surface area contributed by atoms with Crippen molar-refractivity contribution in [2.75, 3.05) is 50.8 Å². The molecule has 31 heavy (non-hydrogen) atoms. The van der Waals surface area contributed by atoms with Crippen LogP contribution < -0.4 is 9.64 Å². The standard InChI is InChI=1S/C22H25ClN4O3S/c1-3-29-22(28)19-15(2)18-20(24-14-25-21(18)31-19)27-10-8-26(9-11-27)12-13-30-17-7-5-4-6-16(17)23/h4-7,14H,3,8-13H2,1-2H3. The maximum Gasteiger partial charge on any atom is 0.348 e. The van der Waals surface area contributed by atoms with Crippen molar-refractivity contribution in [3.63, 3.8) is 0 Å². The highest BCUT2D eigenvalue weighted by molar-refractivity contribution is 7.20. The van der Waals surface area contributed by atoms with Gasteiger partial charge in [-0.15, -0.1) is 11.3 Å². The van der Waals surface area contributed by atoms with E-state index in [0.29, 0.717) is 23.1 Å². The summed E-state index contributed by atoms with van der Waals surface area (Å²) in [4.78, 5) is 27.3. The van der Waals surface area contributed by atoms with Crippen LogP contribution in [0.5, 0.6) is 5.75 Å². The summed E-state index contributed by atoms with van der Waals surface area (Å²) >= 11 is 7.52. The van der Waals surface area contributed by atoms with Crippen LogP contribution in [0.3, 0.4) is 0 Å². The Kier molecular flexibility index (Phi) is 6.89. The molecule has 4 rings (SSSR count). The summed E-state index contributed by atoms with van der Waals surface area (Å²) in [5, 5.41) is 1.58. The van der Waals surface area contributed by atoms with Crippen molar-refractivity contribution in [2.45, 2.75) is 13.8 Å². The van der Waals surface area contributed by atoms with Crippen LogP contribution >= 0.6 is 22.9 Å². The molecule has 0 atom stereocenters. The summed E-state index contributed by atoms with van der Waals surface area (Å²) in [5.41, 5.74) is 0.893. The van der Waals surface area contributed by atoms with Crippen LogP contribution in [-0.2, 0) is 4.74 Å². The molecule has 0 unspecified atom stereocenters. The lowest BCUT2D eigenvalue weighted by molar-refractivity contribution is 0.0531. The monoisotopic (exact) mass is 460 g/mol. The Labute approximate surface area is 190 Å². The van der Waals surface area contributed by atoms with E-state index < -0.39 is 0 Å². The Balaban J connectivity index is 1.39. The number of carbonyl (C=O) groups is 1. The second kappa shape index (κ2) is 9.80. The summed E-state index contributed by atoms with van der Waals surface area (Å²) < 4.78 is 11.0. The maximum absolute atomic E-state index is 12.3. The number of halogens is 1. The third-order valence-corrected chi connectivity index (χ3v) is 6.83. The second-order valence-electron chi connectivity index (χ2n) is 7.26. The Bertz CT molecular complexity index is 1070. The molecule has 0 amide bonds. The molecule has 1 aliphatic rings. The molecule has 164 valence electrons. The van der Waals surface area contributed by atoms with Gasteiger partial charge in [-0.1, -0.05) is 23.7 Å². The lowest BCUT2D eigenvalue weighted by Crippen LogP contribution is -2.47. The lowest BCUT2D eigenvalue weighted by atomic mass is 10.2. The summed E-state index contributed by atoms with van der Waals surface area (Å²) in [6.45, 7) is 9.05. The summed E-state index contributed by atoms with van der Waals surface area (Å²) in [6, 6.07) is 7.53. The van der Waals surface area contributed by atoms with Crippen LogP contribution in [0, 0.1) is 6.92 Å². The third-order valence-electron chi connectivity index (χ3n) is 5.34. The minimum atomic E-state index is -0.294. The number of hydrogen-bond acceptors (Lipinski definition) is 8. The van der Waals surface area contributed by atoms with Gasteiger partial charge in [0.1, 0.15) is 34.2 Å². The number of rotatable bonds is 7. The number of aryl methyl sites for hydroxylation is 1. The number of fused-ring (bicyclic) bond motifs is 1. The number of carbonyl (C=O) groups excluding carboxylic acids is 1. The second-order valence-corrected chi connectivity index (χ2v) is 8.67. The van der Waals surface area contributed by atoms with Crippen LogP contribution in [-0.4, -0.2) is 66.8 Å². The SMILES string of the molecule is CCOC(=O)c1sc2ncnc(N3CCN(CCOc4ccccc4Cl)CC3)c2c1C. The highest BCUT2D eigenvalue weighted by atomic mass is 35.5. The smallest absolute Gasteiger partial charge is 0.348 e. The Hall–Kier alpha value is -2.42. The van der Waals surface area contributed by atoms with E-state index in [1.54, 1.807) is 6.33 Å². The third kappa shape index (κ3) is 4.76. The Morgan fingerprint density at radius 1 is 1.19 bits per heavy atom. The summed E-state index contributed by atoms with van der Waals surface area (Å²) in [7, 11) is 0. The molecule has 1 aliphatic heterocycles. The Morgan fingerprint density at radius 3 is 2.71 bits per heavy atom. The molecule has 1 fully saturated rings. The van der Waals surface area contributed by atoms with Crippen molar-refractivity contribution in [1.29, 1.82) is 0 Å². The van der Waals surface area contributed by atoms with E-state index in [0.717, 1.165) is 60.1 Å². The van der Waals surface area contributed by atoms with Crippen molar-refractivity contribution in [3.05, 3.63) is 46.1 Å². The van der Waals surface area contributed by atoms with Gasteiger partial charge >= 0.3 is 5.97 Å². The number of piperazine rings is 1. The van der Waals surface area contributed by atoms with Gasteiger partial charge in [-0.05, 0) is 31.5 Å². The molecule has 7 nitrogen and oxygen atoms in total. The number of hydrogen-bond donors (Lipinski definition) is 0. The number of aromatic nitrogens is 2. The predicted octanol–water partition coefficient (Wildman–Crippen LogP) is 4.03. The van der Waals surface area contributed by atoms with E-state index in [1.165, 1.54) is 11.3 Å². The minimum absolute atomic E-state index is 0.294. The topological polar surface area (TPSA) is 67.8 Å². The maximum atomic E-state index is 12.3. The van der Waals surface area contributed by atoms with Gasteiger partial charge in [0, 0.05) is 32.7 Å².